The SMILES string of the molecule is C=C(Nn1c(CC)n[nH]c1=S)c1ccc(OC)cc1. The quantitative estimate of drug-likeness (QED) is 0.824. The maximum absolute atomic E-state index is 5.17. The lowest BCUT2D eigenvalue weighted by molar-refractivity contribution is 0.415. The Labute approximate surface area is 116 Å². The second-order valence-electron chi connectivity index (χ2n) is 3.95. The minimum Gasteiger partial charge on any atom is -0.497 e. The first kappa shape index (κ1) is 13.4. The molecule has 0 saturated carbocycles. The fraction of sp³-hybridized carbons (Fsp3) is 0.231. The highest BCUT2D eigenvalue weighted by molar-refractivity contribution is 7.71. The van der Waals surface area contributed by atoms with Gasteiger partial charge in [-0.2, -0.15) is 5.10 Å². The summed E-state index contributed by atoms with van der Waals surface area (Å²) >= 11 is 5.17. The summed E-state index contributed by atoms with van der Waals surface area (Å²) in [6, 6.07) is 7.64. The van der Waals surface area contributed by atoms with E-state index >= 15 is 0 Å². The molecule has 0 aliphatic rings. The lowest BCUT2D eigenvalue weighted by Gasteiger charge is -2.12. The summed E-state index contributed by atoms with van der Waals surface area (Å²) in [6.07, 6.45) is 0.774. The van der Waals surface area contributed by atoms with Crippen LogP contribution in [0.1, 0.15) is 18.3 Å². The molecule has 5 nitrogen and oxygen atoms in total. The number of aryl methyl sites for hydroxylation is 1. The lowest BCUT2D eigenvalue weighted by atomic mass is 10.2. The van der Waals surface area contributed by atoms with Crippen molar-refractivity contribution < 1.29 is 4.74 Å². The van der Waals surface area contributed by atoms with Gasteiger partial charge in [0.2, 0.25) is 4.77 Å². The third-order valence-corrected chi connectivity index (χ3v) is 3.02. The number of hydrogen-bond acceptors (Lipinski definition) is 4. The minimum atomic E-state index is 0.520. The van der Waals surface area contributed by atoms with Crippen molar-refractivity contribution in [3.63, 3.8) is 0 Å². The third-order valence-electron chi connectivity index (χ3n) is 2.74. The summed E-state index contributed by atoms with van der Waals surface area (Å²) in [5.41, 5.74) is 4.86. The predicted molar refractivity (Wildman–Crippen MR) is 78.2 cm³/mol. The van der Waals surface area contributed by atoms with E-state index < -0.39 is 0 Å². The van der Waals surface area contributed by atoms with Gasteiger partial charge >= 0.3 is 0 Å². The van der Waals surface area contributed by atoms with E-state index in [2.05, 4.69) is 22.2 Å². The van der Waals surface area contributed by atoms with Crippen LogP contribution in [0.3, 0.4) is 0 Å². The molecular weight excluding hydrogens is 260 g/mol. The molecule has 0 amide bonds. The summed E-state index contributed by atoms with van der Waals surface area (Å²) in [5.74, 6) is 1.64. The number of hydrogen-bond donors (Lipinski definition) is 2. The highest BCUT2D eigenvalue weighted by Crippen LogP contribution is 2.16. The van der Waals surface area contributed by atoms with Gasteiger partial charge in [-0.1, -0.05) is 13.5 Å². The van der Waals surface area contributed by atoms with Crippen molar-refractivity contribution in [2.75, 3.05) is 12.5 Å². The highest BCUT2D eigenvalue weighted by Gasteiger charge is 2.06. The van der Waals surface area contributed by atoms with Gasteiger partial charge in [0.1, 0.15) is 5.75 Å². The Hall–Kier alpha value is -2.08. The first-order valence-electron chi connectivity index (χ1n) is 5.92. The molecule has 6 heteroatoms. The molecular formula is C13H16N4OS. The van der Waals surface area contributed by atoms with Crippen LogP contribution in [0.2, 0.25) is 0 Å². The van der Waals surface area contributed by atoms with E-state index in [0.29, 0.717) is 4.77 Å². The van der Waals surface area contributed by atoms with Gasteiger partial charge in [0.25, 0.3) is 0 Å². The van der Waals surface area contributed by atoms with Gasteiger partial charge in [-0.25, -0.2) is 4.68 Å². The van der Waals surface area contributed by atoms with Gasteiger partial charge in [0.15, 0.2) is 5.82 Å². The number of benzene rings is 1. The number of aromatic nitrogens is 3. The Morgan fingerprint density at radius 1 is 1.47 bits per heavy atom. The molecule has 0 unspecified atom stereocenters. The second-order valence-corrected chi connectivity index (χ2v) is 4.34. The van der Waals surface area contributed by atoms with Crippen LogP contribution in [0.5, 0.6) is 5.75 Å². The standard InChI is InChI=1S/C13H16N4OS/c1-4-12-14-15-13(19)17(12)16-9(2)10-5-7-11(18-3)8-6-10/h5-8,16H,2,4H2,1,3H3,(H,15,19). The molecule has 0 saturated heterocycles. The van der Waals surface area contributed by atoms with E-state index in [-0.39, 0.29) is 0 Å². The Morgan fingerprint density at radius 2 is 2.16 bits per heavy atom. The van der Waals surface area contributed by atoms with Crippen LogP contribution in [0.25, 0.3) is 5.70 Å². The molecule has 100 valence electrons. The molecule has 0 aliphatic heterocycles. The smallest absolute Gasteiger partial charge is 0.214 e. The van der Waals surface area contributed by atoms with E-state index in [1.165, 1.54) is 0 Å². The van der Waals surface area contributed by atoms with Crippen molar-refractivity contribution >= 4 is 17.9 Å². The molecule has 19 heavy (non-hydrogen) atoms. The number of aromatic amines is 1. The number of H-pyrrole nitrogens is 1. The first-order chi connectivity index (χ1) is 9.15. The van der Waals surface area contributed by atoms with E-state index in [4.69, 9.17) is 17.0 Å². The molecule has 0 spiro atoms. The van der Waals surface area contributed by atoms with E-state index in [1.807, 2.05) is 31.2 Å². The topological polar surface area (TPSA) is 54.9 Å². The zero-order chi connectivity index (χ0) is 13.8. The van der Waals surface area contributed by atoms with Gasteiger partial charge in [-0.15, -0.1) is 0 Å². The summed E-state index contributed by atoms with van der Waals surface area (Å²) in [6.45, 7) is 6.02. The lowest BCUT2D eigenvalue weighted by Crippen LogP contribution is -2.16. The Balaban J connectivity index is 2.20. The first-order valence-corrected chi connectivity index (χ1v) is 6.33. The predicted octanol–water partition coefficient (Wildman–Crippen LogP) is 2.73. The molecule has 2 rings (SSSR count). The maximum atomic E-state index is 5.17. The summed E-state index contributed by atoms with van der Waals surface area (Å²) in [7, 11) is 1.64. The highest BCUT2D eigenvalue weighted by atomic mass is 32.1. The zero-order valence-electron chi connectivity index (χ0n) is 10.9. The van der Waals surface area contributed by atoms with Crippen LogP contribution >= 0.6 is 12.2 Å². The van der Waals surface area contributed by atoms with Crippen molar-refractivity contribution in [1.29, 1.82) is 0 Å². The van der Waals surface area contributed by atoms with Gasteiger partial charge in [0, 0.05) is 6.42 Å². The number of ether oxygens (including phenoxy) is 1. The van der Waals surface area contributed by atoms with Gasteiger partial charge in [-0.3, -0.25) is 10.5 Å². The molecule has 0 aliphatic carbocycles. The summed E-state index contributed by atoms with van der Waals surface area (Å²) in [5, 5.41) is 6.89. The van der Waals surface area contributed by atoms with Crippen molar-refractivity contribution in [2.24, 2.45) is 0 Å². The van der Waals surface area contributed by atoms with Gasteiger partial charge in [-0.05, 0) is 42.0 Å². The average Bonchev–Trinajstić information content (AvgIpc) is 2.79. The summed E-state index contributed by atoms with van der Waals surface area (Å²) < 4.78 is 7.37. The molecule has 0 fully saturated rings. The van der Waals surface area contributed by atoms with Crippen LogP contribution in [-0.2, 0) is 6.42 Å². The largest absolute Gasteiger partial charge is 0.497 e. The van der Waals surface area contributed by atoms with Crippen molar-refractivity contribution in [3.05, 3.63) is 47.0 Å². The zero-order valence-corrected chi connectivity index (χ0v) is 11.8. The Kier molecular flexibility index (Phi) is 4.01. The van der Waals surface area contributed by atoms with Crippen molar-refractivity contribution in [1.82, 2.24) is 14.9 Å². The minimum absolute atomic E-state index is 0.520. The van der Waals surface area contributed by atoms with Crippen LogP contribution in [0.4, 0.5) is 0 Å². The molecule has 0 radical (unpaired) electrons. The molecule has 1 heterocycles. The van der Waals surface area contributed by atoms with Gasteiger partial charge < -0.3 is 4.74 Å². The van der Waals surface area contributed by atoms with Crippen molar-refractivity contribution in [2.45, 2.75) is 13.3 Å². The molecule has 0 atom stereocenters. The fourth-order valence-electron chi connectivity index (χ4n) is 1.67. The monoisotopic (exact) mass is 276 g/mol. The second kappa shape index (κ2) is 5.71. The normalized spacial score (nSPS) is 10.2. The Bertz CT molecular complexity index is 627. The van der Waals surface area contributed by atoms with Crippen LogP contribution in [0, 0.1) is 4.77 Å². The average molecular weight is 276 g/mol. The van der Waals surface area contributed by atoms with E-state index in [1.54, 1.807) is 11.8 Å². The fourth-order valence-corrected chi connectivity index (χ4v) is 1.87. The molecule has 0 bridgehead atoms. The number of rotatable bonds is 5. The van der Waals surface area contributed by atoms with Crippen LogP contribution in [-0.4, -0.2) is 22.0 Å². The van der Waals surface area contributed by atoms with Crippen LogP contribution in [0.15, 0.2) is 30.8 Å². The third kappa shape index (κ3) is 2.85. The molecule has 2 N–H and O–H groups in total. The number of methoxy groups -OCH3 is 1. The maximum Gasteiger partial charge on any atom is 0.214 e. The number of nitrogens with one attached hydrogen (secondary N) is 2. The van der Waals surface area contributed by atoms with Crippen LogP contribution < -0.4 is 10.2 Å². The molecule has 1 aromatic heterocycles. The Morgan fingerprint density at radius 3 is 2.74 bits per heavy atom. The van der Waals surface area contributed by atoms with Gasteiger partial charge in [0.05, 0.1) is 12.8 Å². The molecule has 1 aromatic carbocycles. The summed E-state index contributed by atoms with van der Waals surface area (Å²) in [4.78, 5) is 0. The van der Waals surface area contributed by atoms with E-state index in [0.717, 1.165) is 29.3 Å². The van der Waals surface area contributed by atoms with E-state index in [9.17, 15) is 0 Å². The van der Waals surface area contributed by atoms with Crippen molar-refractivity contribution in [3.8, 4) is 5.75 Å². The molecule has 2 aromatic rings. The number of nitrogens with zero attached hydrogens (tertiary/aromatic N) is 2.